The van der Waals surface area contributed by atoms with Crippen molar-refractivity contribution in [2.75, 3.05) is 0 Å². The van der Waals surface area contributed by atoms with Crippen LogP contribution < -0.4 is 5.73 Å². The highest BCUT2D eigenvalue weighted by atomic mass is 14.8. The summed E-state index contributed by atoms with van der Waals surface area (Å²) in [5.41, 5.74) is 7.62. The van der Waals surface area contributed by atoms with Crippen LogP contribution in [0.2, 0.25) is 0 Å². The summed E-state index contributed by atoms with van der Waals surface area (Å²) < 4.78 is 0. The Kier molecular flexibility index (Phi) is 4.34. The van der Waals surface area contributed by atoms with Crippen LogP contribution in [0, 0.1) is 16.7 Å². The molecule has 0 aliphatic heterocycles. The molecule has 1 rings (SSSR count). The largest absolute Gasteiger partial charge is 0.325 e. The van der Waals surface area contributed by atoms with Crippen LogP contribution in [0.3, 0.4) is 0 Å². The molecule has 102 valence electrons. The van der Waals surface area contributed by atoms with Gasteiger partial charge in [0.1, 0.15) is 0 Å². The van der Waals surface area contributed by atoms with Gasteiger partial charge in [0.05, 0.1) is 0 Å². The van der Waals surface area contributed by atoms with Crippen LogP contribution in [-0.4, -0.2) is 5.54 Å². The van der Waals surface area contributed by atoms with Crippen LogP contribution in [-0.2, 0) is 0 Å². The first-order valence-electron chi connectivity index (χ1n) is 7.36. The fraction of sp³-hybridized carbons (Fsp3) is 1.00. The first-order chi connectivity index (χ1) is 7.58. The second-order valence-electron chi connectivity index (χ2n) is 8.32. The van der Waals surface area contributed by atoms with Gasteiger partial charge >= 0.3 is 0 Å². The van der Waals surface area contributed by atoms with Crippen LogP contribution in [0.5, 0.6) is 0 Å². The van der Waals surface area contributed by atoms with E-state index in [0.29, 0.717) is 10.8 Å². The van der Waals surface area contributed by atoms with Gasteiger partial charge in [0, 0.05) is 5.54 Å². The smallest absolute Gasteiger partial charge is 0.0167 e. The molecule has 1 aliphatic carbocycles. The Labute approximate surface area is 109 Å². The van der Waals surface area contributed by atoms with Crippen molar-refractivity contribution < 1.29 is 0 Å². The number of nitrogens with two attached hydrogens (primary N) is 1. The number of rotatable bonds is 4. The lowest BCUT2D eigenvalue weighted by Gasteiger charge is -2.51. The molecule has 0 aromatic heterocycles. The molecule has 0 amide bonds. The molecule has 1 nitrogen and oxygen atoms in total. The van der Waals surface area contributed by atoms with E-state index in [9.17, 15) is 0 Å². The Bertz CT molecular complexity index is 236. The maximum Gasteiger partial charge on any atom is 0.0167 e. The fourth-order valence-electron chi connectivity index (χ4n) is 4.82. The molecule has 0 saturated heterocycles. The molecular weight excluding hydrogens is 206 g/mol. The summed E-state index contributed by atoms with van der Waals surface area (Å²) >= 11 is 0. The summed E-state index contributed by atoms with van der Waals surface area (Å²) in [5, 5.41) is 0. The van der Waals surface area contributed by atoms with Crippen molar-refractivity contribution in [2.45, 2.75) is 85.6 Å². The Balaban J connectivity index is 2.73. The Morgan fingerprint density at radius 3 is 1.88 bits per heavy atom. The van der Waals surface area contributed by atoms with E-state index in [2.05, 4.69) is 41.5 Å². The van der Waals surface area contributed by atoms with Gasteiger partial charge in [0.25, 0.3) is 0 Å². The van der Waals surface area contributed by atoms with Gasteiger partial charge in [0.15, 0.2) is 0 Å². The topological polar surface area (TPSA) is 26.0 Å². The van der Waals surface area contributed by atoms with Gasteiger partial charge in [0.2, 0.25) is 0 Å². The molecule has 0 radical (unpaired) electrons. The van der Waals surface area contributed by atoms with Crippen LogP contribution in [0.1, 0.15) is 80.1 Å². The van der Waals surface area contributed by atoms with Crippen molar-refractivity contribution in [1.29, 1.82) is 0 Å². The highest BCUT2D eigenvalue weighted by molar-refractivity contribution is 5.01. The highest BCUT2D eigenvalue weighted by Gasteiger charge is 2.45. The van der Waals surface area contributed by atoms with E-state index in [1.165, 1.54) is 38.5 Å². The average molecular weight is 239 g/mol. The zero-order chi connectivity index (χ0) is 13.3. The van der Waals surface area contributed by atoms with Crippen molar-refractivity contribution in [1.82, 2.24) is 0 Å². The van der Waals surface area contributed by atoms with E-state index >= 15 is 0 Å². The maximum atomic E-state index is 6.74. The molecule has 1 aliphatic rings. The van der Waals surface area contributed by atoms with Crippen molar-refractivity contribution in [3.05, 3.63) is 0 Å². The molecule has 1 unspecified atom stereocenters. The normalized spacial score (nSPS) is 27.7. The van der Waals surface area contributed by atoms with Gasteiger partial charge in [-0.1, -0.05) is 54.4 Å². The third kappa shape index (κ3) is 4.62. The number of hydrogen-bond donors (Lipinski definition) is 1. The molecule has 1 saturated carbocycles. The predicted octanol–water partition coefficient (Wildman–Crippen LogP) is 4.75. The average Bonchev–Trinajstić information content (AvgIpc) is 1.93. The van der Waals surface area contributed by atoms with E-state index < -0.39 is 0 Å². The molecule has 0 bridgehead atoms. The fourth-order valence-corrected chi connectivity index (χ4v) is 4.82. The third-order valence-corrected chi connectivity index (χ3v) is 4.15. The minimum Gasteiger partial charge on any atom is -0.325 e. The van der Waals surface area contributed by atoms with Crippen molar-refractivity contribution in [3.63, 3.8) is 0 Å². The van der Waals surface area contributed by atoms with E-state index in [1.54, 1.807) is 0 Å². The molecular formula is C16H33N. The first kappa shape index (κ1) is 15.0. The zero-order valence-electron chi connectivity index (χ0n) is 12.9. The van der Waals surface area contributed by atoms with E-state index in [0.717, 1.165) is 5.92 Å². The Morgan fingerprint density at radius 1 is 1.00 bits per heavy atom. The molecule has 2 N–H and O–H groups in total. The molecule has 1 fully saturated rings. The predicted molar refractivity (Wildman–Crippen MR) is 77.0 cm³/mol. The van der Waals surface area contributed by atoms with Crippen molar-refractivity contribution >= 4 is 0 Å². The maximum absolute atomic E-state index is 6.74. The molecule has 0 spiro atoms. The second kappa shape index (κ2) is 4.91. The van der Waals surface area contributed by atoms with Crippen molar-refractivity contribution in [2.24, 2.45) is 22.5 Å². The lowest BCUT2D eigenvalue weighted by molar-refractivity contribution is 0.0367. The third-order valence-electron chi connectivity index (χ3n) is 4.15. The Hall–Kier alpha value is -0.0400. The van der Waals surface area contributed by atoms with Gasteiger partial charge in [-0.3, -0.25) is 0 Å². The number of hydrogen-bond acceptors (Lipinski definition) is 1. The second-order valence-corrected chi connectivity index (χ2v) is 8.32. The highest BCUT2D eigenvalue weighted by Crippen LogP contribution is 2.50. The monoisotopic (exact) mass is 239 g/mol. The van der Waals surface area contributed by atoms with Gasteiger partial charge in [-0.15, -0.1) is 0 Å². The van der Waals surface area contributed by atoms with Crippen LogP contribution in [0.15, 0.2) is 0 Å². The van der Waals surface area contributed by atoms with Crippen LogP contribution in [0.4, 0.5) is 0 Å². The minimum absolute atomic E-state index is 0.0693. The van der Waals surface area contributed by atoms with Gasteiger partial charge in [-0.25, -0.2) is 0 Å². The first-order valence-corrected chi connectivity index (χ1v) is 7.36. The lowest BCUT2D eigenvalue weighted by atomic mass is 9.57. The SMILES string of the molecule is CCCC(C)CC1(N)CC(C)(C)CC(C)(C)C1. The summed E-state index contributed by atoms with van der Waals surface area (Å²) in [6.07, 6.45) is 7.49. The van der Waals surface area contributed by atoms with E-state index in [-0.39, 0.29) is 5.54 Å². The van der Waals surface area contributed by atoms with Gasteiger partial charge in [-0.05, 0) is 42.4 Å². The van der Waals surface area contributed by atoms with Gasteiger partial charge < -0.3 is 5.73 Å². The molecule has 0 aromatic carbocycles. The quantitative estimate of drug-likeness (QED) is 0.753. The standard InChI is InChI=1S/C16H33N/c1-7-8-13(2)9-16(17)11-14(3,4)10-15(5,6)12-16/h13H,7-12,17H2,1-6H3. The summed E-state index contributed by atoms with van der Waals surface area (Å²) in [5.74, 6) is 0.773. The molecule has 1 heteroatoms. The summed E-state index contributed by atoms with van der Waals surface area (Å²) in [4.78, 5) is 0. The molecule has 0 aromatic rings. The molecule has 0 heterocycles. The van der Waals surface area contributed by atoms with Gasteiger partial charge in [-0.2, -0.15) is 0 Å². The lowest BCUT2D eigenvalue weighted by Crippen LogP contribution is -2.52. The van der Waals surface area contributed by atoms with E-state index in [1.807, 2.05) is 0 Å². The van der Waals surface area contributed by atoms with Crippen LogP contribution >= 0.6 is 0 Å². The molecule has 1 atom stereocenters. The summed E-state index contributed by atoms with van der Waals surface area (Å²) in [7, 11) is 0. The van der Waals surface area contributed by atoms with Crippen molar-refractivity contribution in [3.8, 4) is 0 Å². The Morgan fingerprint density at radius 2 is 1.47 bits per heavy atom. The molecule has 17 heavy (non-hydrogen) atoms. The summed E-state index contributed by atoms with van der Waals surface area (Å²) in [6, 6.07) is 0. The van der Waals surface area contributed by atoms with Crippen LogP contribution in [0.25, 0.3) is 0 Å². The minimum atomic E-state index is 0.0693. The zero-order valence-corrected chi connectivity index (χ0v) is 12.9. The summed E-state index contributed by atoms with van der Waals surface area (Å²) in [6.45, 7) is 14.2. The van der Waals surface area contributed by atoms with E-state index in [4.69, 9.17) is 5.73 Å².